The molecule has 2 heterocycles. The normalized spacial score (nSPS) is 15.0. The molecule has 3 rings (SSSR count). The Labute approximate surface area is 159 Å². The van der Waals surface area contributed by atoms with Gasteiger partial charge in [0, 0.05) is 32.8 Å². The van der Waals surface area contributed by atoms with Crippen LogP contribution in [0.4, 0.5) is 4.39 Å². The Balaban J connectivity index is 1.58. The Morgan fingerprint density at radius 2 is 1.85 bits per heavy atom. The number of aryl methyl sites for hydroxylation is 2. The van der Waals surface area contributed by atoms with Gasteiger partial charge in [0.2, 0.25) is 5.91 Å². The highest BCUT2D eigenvalue weighted by atomic mass is 19.1. The van der Waals surface area contributed by atoms with E-state index < -0.39 is 0 Å². The average Bonchev–Trinajstić information content (AvgIpc) is 3.30. The van der Waals surface area contributed by atoms with Crippen LogP contribution in [0.5, 0.6) is 0 Å². The van der Waals surface area contributed by atoms with Crippen LogP contribution in [0.2, 0.25) is 0 Å². The molecule has 0 saturated carbocycles. The van der Waals surface area contributed by atoms with Crippen LogP contribution >= 0.6 is 0 Å². The largest absolute Gasteiger partial charge is 0.346 e. The van der Waals surface area contributed by atoms with Crippen LogP contribution in [0.3, 0.4) is 0 Å². The maximum atomic E-state index is 13.0. The molecule has 2 amide bonds. The van der Waals surface area contributed by atoms with Crippen LogP contribution < -0.4 is 5.32 Å². The Morgan fingerprint density at radius 3 is 2.52 bits per heavy atom. The van der Waals surface area contributed by atoms with Crippen molar-refractivity contribution in [2.45, 2.75) is 38.6 Å². The molecule has 2 aromatic rings. The maximum Gasteiger partial charge on any atom is 0.268 e. The lowest BCUT2D eigenvalue weighted by molar-refractivity contribution is -0.130. The summed E-state index contributed by atoms with van der Waals surface area (Å²) in [5.41, 5.74) is 2.37. The first-order valence-corrected chi connectivity index (χ1v) is 9.43. The number of likely N-dealkylation sites (tertiary alicyclic amines) is 1. The first-order valence-electron chi connectivity index (χ1n) is 9.43. The van der Waals surface area contributed by atoms with E-state index in [1.54, 1.807) is 16.7 Å². The minimum atomic E-state index is -0.298. The molecule has 1 saturated heterocycles. The zero-order valence-electron chi connectivity index (χ0n) is 15.9. The molecule has 27 heavy (non-hydrogen) atoms. The number of nitrogens with one attached hydrogen (secondary N) is 1. The highest BCUT2D eigenvalue weighted by Crippen LogP contribution is 2.16. The number of hydrogen-bond donors (Lipinski definition) is 1. The van der Waals surface area contributed by atoms with E-state index in [0.717, 1.165) is 37.1 Å². The number of amides is 2. The molecular weight excluding hydrogens is 345 g/mol. The minimum Gasteiger partial charge on any atom is -0.346 e. The zero-order chi connectivity index (χ0) is 19.4. The standard InChI is InChI=1S/C21H26FN3O2/c1-15(17-6-8-18(22)9-7-17)23-21(27)19-13-16(14-24(19)2)5-10-20(26)25-11-3-4-12-25/h6-9,13-15H,3-5,10-12H2,1-2H3,(H,23,27)/t15-/m0/s1. The van der Waals surface area contributed by atoms with Crippen molar-refractivity contribution in [1.82, 2.24) is 14.8 Å². The second-order valence-corrected chi connectivity index (χ2v) is 7.18. The molecular formula is C21H26FN3O2. The molecule has 144 valence electrons. The lowest BCUT2D eigenvalue weighted by Crippen LogP contribution is -2.28. The van der Waals surface area contributed by atoms with Crippen LogP contribution in [0.25, 0.3) is 0 Å². The first-order chi connectivity index (χ1) is 12.9. The van der Waals surface area contributed by atoms with E-state index >= 15 is 0 Å². The van der Waals surface area contributed by atoms with Crippen molar-refractivity contribution in [1.29, 1.82) is 0 Å². The Morgan fingerprint density at radius 1 is 1.19 bits per heavy atom. The maximum absolute atomic E-state index is 13.0. The molecule has 0 aliphatic carbocycles. The van der Waals surface area contributed by atoms with Gasteiger partial charge in [0.15, 0.2) is 0 Å². The van der Waals surface area contributed by atoms with Gasteiger partial charge in [-0.25, -0.2) is 4.39 Å². The summed E-state index contributed by atoms with van der Waals surface area (Å²) in [6.07, 6.45) is 5.18. The van der Waals surface area contributed by atoms with Crippen LogP contribution in [0, 0.1) is 5.82 Å². The topological polar surface area (TPSA) is 54.3 Å². The average molecular weight is 371 g/mol. The minimum absolute atomic E-state index is 0.187. The summed E-state index contributed by atoms with van der Waals surface area (Å²) in [6, 6.07) is 7.71. The third-order valence-electron chi connectivity index (χ3n) is 5.10. The van der Waals surface area contributed by atoms with Crippen molar-refractivity contribution >= 4 is 11.8 Å². The molecule has 1 N–H and O–H groups in total. The highest BCUT2D eigenvalue weighted by Gasteiger charge is 2.19. The lowest BCUT2D eigenvalue weighted by Gasteiger charge is -2.14. The van der Waals surface area contributed by atoms with Crippen molar-refractivity contribution in [2.24, 2.45) is 7.05 Å². The molecule has 0 spiro atoms. The number of hydrogen-bond acceptors (Lipinski definition) is 2. The quantitative estimate of drug-likeness (QED) is 0.848. The van der Waals surface area contributed by atoms with Gasteiger partial charge < -0.3 is 14.8 Å². The molecule has 5 nitrogen and oxygen atoms in total. The summed E-state index contributed by atoms with van der Waals surface area (Å²) in [6.45, 7) is 3.59. The Kier molecular flexibility index (Phi) is 5.94. The van der Waals surface area contributed by atoms with Gasteiger partial charge in [0.25, 0.3) is 5.91 Å². The Hall–Kier alpha value is -2.63. The number of carbonyl (C=O) groups is 2. The fraction of sp³-hybridized carbons (Fsp3) is 0.429. The van der Waals surface area contributed by atoms with Crippen molar-refractivity contribution < 1.29 is 14.0 Å². The molecule has 0 radical (unpaired) electrons. The van der Waals surface area contributed by atoms with Crippen molar-refractivity contribution in [2.75, 3.05) is 13.1 Å². The number of halogens is 1. The summed E-state index contributed by atoms with van der Waals surface area (Å²) in [4.78, 5) is 26.7. The van der Waals surface area contributed by atoms with Crippen molar-refractivity contribution in [3.8, 4) is 0 Å². The monoisotopic (exact) mass is 371 g/mol. The predicted octanol–water partition coefficient (Wildman–Crippen LogP) is 3.21. The molecule has 1 atom stereocenters. The summed E-state index contributed by atoms with van der Waals surface area (Å²) in [5, 5.41) is 2.94. The number of carbonyl (C=O) groups excluding carboxylic acids is 2. The van der Waals surface area contributed by atoms with E-state index in [4.69, 9.17) is 0 Å². The van der Waals surface area contributed by atoms with Crippen LogP contribution in [0.1, 0.15) is 53.8 Å². The molecule has 0 bridgehead atoms. The fourth-order valence-electron chi connectivity index (χ4n) is 3.48. The van der Waals surface area contributed by atoms with Gasteiger partial charge in [0.05, 0.1) is 6.04 Å². The molecule has 1 aromatic carbocycles. The highest BCUT2D eigenvalue weighted by molar-refractivity contribution is 5.93. The van der Waals surface area contributed by atoms with Crippen molar-refractivity contribution in [3.63, 3.8) is 0 Å². The van der Waals surface area contributed by atoms with Crippen LogP contribution in [-0.2, 0) is 18.3 Å². The first kappa shape index (κ1) is 19.1. The molecule has 1 aliphatic heterocycles. The molecule has 6 heteroatoms. The SMILES string of the molecule is C[C@H](NC(=O)c1cc(CCC(=O)N2CCCC2)cn1C)c1ccc(F)cc1. The molecule has 1 aromatic heterocycles. The van der Waals surface area contributed by atoms with E-state index in [1.807, 2.05) is 31.1 Å². The lowest BCUT2D eigenvalue weighted by atomic mass is 10.1. The number of rotatable bonds is 6. The summed E-state index contributed by atoms with van der Waals surface area (Å²) >= 11 is 0. The molecule has 1 fully saturated rings. The molecule has 1 aliphatic rings. The van der Waals surface area contributed by atoms with E-state index in [2.05, 4.69) is 5.32 Å². The van der Waals surface area contributed by atoms with E-state index in [-0.39, 0.29) is 23.7 Å². The van der Waals surface area contributed by atoms with E-state index in [1.165, 1.54) is 12.1 Å². The zero-order valence-corrected chi connectivity index (χ0v) is 15.9. The third-order valence-corrected chi connectivity index (χ3v) is 5.10. The number of benzene rings is 1. The predicted molar refractivity (Wildman–Crippen MR) is 102 cm³/mol. The summed E-state index contributed by atoms with van der Waals surface area (Å²) in [5.74, 6) is -0.299. The molecule has 0 unspecified atom stereocenters. The third kappa shape index (κ3) is 4.76. The van der Waals surface area contributed by atoms with Crippen molar-refractivity contribution in [3.05, 3.63) is 59.2 Å². The number of aromatic nitrogens is 1. The van der Waals surface area contributed by atoms with E-state index in [9.17, 15) is 14.0 Å². The van der Waals surface area contributed by atoms with E-state index in [0.29, 0.717) is 18.5 Å². The number of nitrogens with zero attached hydrogens (tertiary/aromatic N) is 2. The second-order valence-electron chi connectivity index (χ2n) is 7.18. The van der Waals surface area contributed by atoms with Gasteiger partial charge in [-0.1, -0.05) is 12.1 Å². The van der Waals surface area contributed by atoms with Gasteiger partial charge in [-0.05, 0) is 55.5 Å². The van der Waals surface area contributed by atoms with Crippen LogP contribution in [-0.4, -0.2) is 34.4 Å². The smallest absolute Gasteiger partial charge is 0.268 e. The summed E-state index contributed by atoms with van der Waals surface area (Å²) in [7, 11) is 1.82. The van der Waals surface area contributed by atoms with Gasteiger partial charge in [-0.15, -0.1) is 0 Å². The second kappa shape index (κ2) is 8.37. The fourth-order valence-corrected chi connectivity index (χ4v) is 3.48. The van der Waals surface area contributed by atoms with Gasteiger partial charge in [-0.2, -0.15) is 0 Å². The van der Waals surface area contributed by atoms with Gasteiger partial charge in [0.1, 0.15) is 11.5 Å². The Bertz CT molecular complexity index is 807. The van der Waals surface area contributed by atoms with Crippen LogP contribution in [0.15, 0.2) is 36.5 Å². The van der Waals surface area contributed by atoms with Gasteiger partial charge >= 0.3 is 0 Å². The summed E-state index contributed by atoms with van der Waals surface area (Å²) < 4.78 is 14.8. The van der Waals surface area contributed by atoms with Gasteiger partial charge in [-0.3, -0.25) is 9.59 Å².